The Morgan fingerprint density at radius 2 is 1.85 bits per heavy atom. The van der Waals surface area contributed by atoms with Gasteiger partial charge in [-0.2, -0.15) is 0 Å². The van der Waals surface area contributed by atoms with E-state index in [1.807, 2.05) is 0 Å². The molecule has 1 aliphatic rings. The van der Waals surface area contributed by atoms with Crippen LogP contribution in [0.1, 0.15) is 11.1 Å². The summed E-state index contributed by atoms with van der Waals surface area (Å²) in [6, 6.07) is 18.0. The quantitative estimate of drug-likeness (QED) is 0.426. The number of hydrogen-bond acceptors (Lipinski definition) is 0. The van der Waals surface area contributed by atoms with Gasteiger partial charge in [0, 0.05) is 22.8 Å². The second kappa shape index (κ2) is 3.43. The summed E-state index contributed by atoms with van der Waals surface area (Å²) in [5, 5.41) is 5.64. The Morgan fingerprint density at radius 3 is 2.80 bits per heavy atom. The normalized spacial score (nSPS) is 13.8. The molecule has 0 spiro atoms. The van der Waals surface area contributed by atoms with Crippen LogP contribution < -0.4 is 0 Å². The van der Waals surface area contributed by atoms with Gasteiger partial charge in [-0.3, -0.25) is 0 Å². The molecule has 1 aliphatic heterocycles. The SMILES string of the molecule is Cc1ccc2cc3c4c(c2c1)c1ccccc1n4CC3. The summed E-state index contributed by atoms with van der Waals surface area (Å²) < 4.78 is 2.50. The number of fused-ring (bicyclic) bond motifs is 5. The van der Waals surface area contributed by atoms with Gasteiger partial charge in [0.15, 0.2) is 0 Å². The minimum Gasteiger partial charge on any atom is -0.340 e. The molecule has 0 atom stereocenters. The first kappa shape index (κ1) is 10.5. The lowest BCUT2D eigenvalue weighted by molar-refractivity contribution is 0.796. The molecule has 1 nitrogen and oxygen atoms in total. The standard InChI is InChI=1S/C19H15N/c1-12-6-7-13-11-14-8-9-20-17-5-3-2-4-15(17)18(19(14)20)16(13)10-12/h2-7,10-11H,8-9H2,1H3. The van der Waals surface area contributed by atoms with Crippen LogP contribution in [0.25, 0.3) is 32.6 Å². The van der Waals surface area contributed by atoms with E-state index in [-0.39, 0.29) is 0 Å². The van der Waals surface area contributed by atoms with Crippen LogP contribution in [-0.2, 0) is 13.0 Å². The molecule has 0 fully saturated rings. The molecule has 0 aliphatic carbocycles. The van der Waals surface area contributed by atoms with Crippen LogP contribution in [0.2, 0.25) is 0 Å². The van der Waals surface area contributed by atoms with E-state index in [4.69, 9.17) is 0 Å². The Bertz CT molecular complexity index is 1000. The van der Waals surface area contributed by atoms with Crippen molar-refractivity contribution in [1.82, 2.24) is 4.57 Å². The Balaban J connectivity index is 2.19. The molecule has 96 valence electrons. The fourth-order valence-electron chi connectivity index (χ4n) is 3.83. The number of nitrogens with zero attached hydrogens (tertiary/aromatic N) is 1. The van der Waals surface area contributed by atoms with E-state index in [0.29, 0.717) is 0 Å². The number of hydrogen-bond donors (Lipinski definition) is 0. The second-order valence-electron chi connectivity index (χ2n) is 5.90. The number of aryl methyl sites for hydroxylation is 3. The molecule has 4 aromatic rings. The summed E-state index contributed by atoms with van der Waals surface area (Å²) in [5.74, 6) is 0. The molecule has 0 radical (unpaired) electrons. The van der Waals surface area contributed by atoms with Crippen molar-refractivity contribution in [2.24, 2.45) is 0 Å². The highest BCUT2D eigenvalue weighted by Gasteiger charge is 2.20. The minimum atomic E-state index is 1.12. The van der Waals surface area contributed by atoms with Gasteiger partial charge in [-0.05, 0) is 41.8 Å². The van der Waals surface area contributed by atoms with Crippen LogP contribution in [-0.4, -0.2) is 4.57 Å². The third-order valence-corrected chi connectivity index (χ3v) is 4.69. The fourth-order valence-corrected chi connectivity index (χ4v) is 3.83. The molecule has 0 saturated heterocycles. The summed E-state index contributed by atoms with van der Waals surface area (Å²) in [5.41, 5.74) is 5.69. The Kier molecular flexibility index (Phi) is 1.80. The molecule has 1 heteroatoms. The van der Waals surface area contributed by atoms with Crippen molar-refractivity contribution in [3.8, 4) is 0 Å². The predicted molar refractivity (Wildman–Crippen MR) is 85.4 cm³/mol. The van der Waals surface area contributed by atoms with E-state index in [2.05, 4.69) is 60.0 Å². The van der Waals surface area contributed by atoms with E-state index in [1.165, 1.54) is 50.1 Å². The molecule has 0 amide bonds. The molecule has 0 N–H and O–H groups in total. The zero-order valence-corrected chi connectivity index (χ0v) is 11.5. The zero-order chi connectivity index (χ0) is 13.3. The first-order chi connectivity index (χ1) is 9.83. The molecule has 5 rings (SSSR count). The second-order valence-corrected chi connectivity index (χ2v) is 5.90. The minimum absolute atomic E-state index is 1.12. The molecule has 0 bridgehead atoms. The van der Waals surface area contributed by atoms with Crippen LogP contribution in [0.15, 0.2) is 48.5 Å². The van der Waals surface area contributed by atoms with Gasteiger partial charge in [-0.25, -0.2) is 0 Å². The molecule has 0 unspecified atom stereocenters. The van der Waals surface area contributed by atoms with Gasteiger partial charge in [-0.15, -0.1) is 0 Å². The lowest BCUT2D eigenvalue weighted by Gasteiger charge is -2.05. The molecule has 0 saturated carbocycles. The van der Waals surface area contributed by atoms with E-state index in [1.54, 1.807) is 0 Å². The Hall–Kier alpha value is -2.28. The number of aromatic nitrogens is 1. The van der Waals surface area contributed by atoms with Gasteiger partial charge >= 0.3 is 0 Å². The van der Waals surface area contributed by atoms with Crippen LogP contribution in [0.3, 0.4) is 0 Å². The van der Waals surface area contributed by atoms with Gasteiger partial charge in [0.1, 0.15) is 0 Å². The highest BCUT2D eigenvalue weighted by Crippen LogP contribution is 2.40. The smallest absolute Gasteiger partial charge is 0.0531 e. The Morgan fingerprint density at radius 1 is 0.950 bits per heavy atom. The van der Waals surface area contributed by atoms with Crippen LogP contribution in [0.4, 0.5) is 0 Å². The summed E-state index contributed by atoms with van der Waals surface area (Å²) in [4.78, 5) is 0. The van der Waals surface area contributed by atoms with E-state index in [0.717, 1.165) is 6.54 Å². The Labute approximate surface area is 117 Å². The number of rotatable bonds is 0. The van der Waals surface area contributed by atoms with E-state index >= 15 is 0 Å². The third kappa shape index (κ3) is 1.14. The van der Waals surface area contributed by atoms with Gasteiger partial charge < -0.3 is 4.57 Å². The lowest BCUT2D eigenvalue weighted by atomic mass is 9.98. The maximum atomic E-state index is 2.50. The van der Waals surface area contributed by atoms with Gasteiger partial charge in [0.05, 0.1) is 5.52 Å². The summed E-state index contributed by atoms with van der Waals surface area (Å²) in [6.07, 6.45) is 1.17. The van der Waals surface area contributed by atoms with Crippen molar-refractivity contribution >= 4 is 32.6 Å². The highest BCUT2D eigenvalue weighted by molar-refractivity contribution is 6.22. The predicted octanol–water partition coefficient (Wildman–Crippen LogP) is 4.81. The first-order valence-corrected chi connectivity index (χ1v) is 7.26. The monoisotopic (exact) mass is 257 g/mol. The van der Waals surface area contributed by atoms with Crippen molar-refractivity contribution in [3.63, 3.8) is 0 Å². The van der Waals surface area contributed by atoms with E-state index in [9.17, 15) is 0 Å². The zero-order valence-electron chi connectivity index (χ0n) is 11.5. The largest absolute Gasteiger partial charge is 0.340 e. The highest BCUT2D eigenvalue weighted by atomic mass is 15.0. The van der Waals surface area contributed by atoms with Crippen LogP contribution >= 0.6 is 0 Å². The maximum absolute atomic E-state index is 2.50. The average Bonchev–Trinajstić information content (AvgIpc) is 3.02. The lowest BCUT2D eigenvalue weighted by Crippen LogP contribution is -1.90. The molecular weight excluding hydrogens is 242 g/mol. The fraction of sp³-hybridized carbons (Fsp3) is 0.158. The molecule has 1 aromatic heterocycles. The van der Waals surface area contributed by atoms with Gasteiger partial charge in [-0.1, -0.05) is 42.0 Å². The average molecular weight is 257 g/mol. The van der Waals surface area contributed by atoms with Crippen molar-refractivity contribution in [2.45, 2.75) is 19.9 Å². The van der Waals surface area contributed by atoms with E-state index < -0.39 is 0 Å². The van der Waals surface area contributed by atoms with Crippen molar-refractivity contribution in [2.75, 3.05) is 0 Å². The number of benzene rings is 3. The summed E-state index contributed by atoms with van der Waals surface area (Å²) in [7, 11) is 0. The third-order valence-electron chi connectivity index (χ3n) is 4.69. The van der Waals surface area contributed by atoms with Gasteiger partial charge in [0.2, 0.25) is 0 Å². The van der Waals surface area contributed by atoms with Crippen molar-refractivity contribution in [1.29, 1.82) is 0 Å². The molecule has 2 heterocycles. The summed E-state index contributed by atoms with van der Waals surface area (Å²) >= 11 is 0. The molecule has 20 heavy (non-hydrogen) atoms. The maximum Gasteiger partial charge on any atom is 0.0531 e. The van der Waals surface area contributed by atoms with Crippen molar-refractivity contribution < 1.29 is 0 Å². The van der Waals surface area contributed by atoms with Gasteiger partial charge in [0.25, 0.3) is 0 Å². The topological polar surface area (TPSA) is 4.93 Å². The molecule has 3 aromatic carbocycles. The van der Waals surface area contributed by atoms with Crippen molar-refractivity contribution in [3.05, 3.63) is 59.7 Å². The molecular formula is C19H15N. The first-order valence-electron chi connectivity index (χ1n) is 7.26. The number of para-hydroxylation sites is 1. The van der Waals surface area contributed by atoms with Crippen LogP contribution in [0.5, 0.6) is 0 Å². The van der Waals surface area contributed by atoms with Crippen LogP contribution in [0, 0.1) is 6.92 Å². The summed E-state index contributed by atoms with van der Waals surface area (Å²) in [6.45, 7) is 3.30.